The van der Waals surface area contributed by atoms with Gasteiger partial charge < -0.3 is 10.2 Å². The van der Waals surface area contributed by atoms with Crippen LogP contribution >= 0.6 is 11.6 Å². The number of anilines is 1. The van der Waals surface area contributed by atoms with Crippen LogP contribution in [0.25, 0.3) is 0 Å². The maximum absolute atomic E-state index is 14.0. The summed E-state index contributed by atoms with van der Waals surface area (Å²) in [5, 5.41) is 3.65. The molecule has 1 aliphatic rings. The van der Waals surface area contributed by atoms with E-state index in [1.54, 1.807) is 29.2 Å². The van der Waals surface area contributed by atoms with Crippen LogP contribution in [0.3, 0.4) is 0 Å². The van der Waals surface area contributed by atoms with Gasteiger partial charge in [0.15, 0.2) is 0 Å². The number of hydrogen-bond donors (Lipinski definition) is 1. The first-order valence-corrected chi connectivity index (χ1v) is 16.8. The predicted molar refractivity (Wildman–Crippen MR) is 169 cm³/mol. The van der Waals surface area contributed by atoms with Crippen LogP contribution in [-0.4, -0.2) is 50.0 Å². The van der Waals surface area contributed by atoms with Gasteiger partial charge in [-0.3, -0.25) is 13.9 Å². The number of nitrogens with one attached hydrogen (secondary N) is 1. The molecule has 9 heteroatoms. The topological polar surface area (TPSA) is 86.8 Å². The van der Waals surface area contributed by atoms with E-state index < -0.39 is 16.1 Å². The summed E-state index contributed by atoms with van der Waals surface area (Å²) in [6.45, 7) is 2.39. The number of aryl methyl sites for hydroxylation is 1. The van der Waals surface area contributed by atoms with E-state index in [1.165, 1.54) is 4.31 Å². The molecule has 0 heterocycles. The number of nitrogens with zero attached hydrogens (tertiary/aromatic N) is 2. The Morgan fingerprint density at radius 2 is 1.67 bits per heavy atom. The van der Waals surface area contributed by atoms with Crippen molar-refractivity contribution in [2.45, 2.75) is 70.5 Å². The number of rotatable bonds is 13. The van der Waals surface area contributed by atoms with Gasteiger partial charge in [0.2, 0.25) is 21.8 Å². The molecule has 0 aliphatic heterocycles. The Kier molecular flexibility index (Phi) is 11.0. The van der Waals surface area contributed by atoms with Crippen molar-refractivity contribution in [1.29, 1.82) is 0 Å². The fraction of sp³-hybridized carbons (Fsp3) is 0.394. The summed E-state index contributed by atoms with van der Waals surface area (Å²) in [5.41, 5.74) is 3.42. The first-order valence-electron chi connectivity index (χ1n) is 14.5. The highest BCUT2D eigenvalue weighted by Crippen LogP contribution is 2.24. The van der Waals surface area contributed by atoms with Crippen LogP contribution in [0.2, 0.25) is 5.02 Å². The van der Waals surface area contributed by atoms with E-state index in [9.17, 15) is 18.0 Å². The Morgan fingerprint density at radius 1 is 0.976 bits per heavy atom. The molecular formula is C33H40ClN3O4S. The molecule has 3 aromatic carbocycles. The first-order chi connectivity index (χ1) is 20.1. The van der Waals surface area contributed by atoms with Crippen LogP contribution in [0.5, 0.6) is 0 Å². The zero-order chi connectivity index (χ0) is 30.1. The van der Waals surface area contributed by atoms with Gasteiger partial charge in [0.05, 0.1) is 11.9 Å². The highest BCUT2D eigenvalue weighted by atomic mass is 35.5. The van der Waals surface area contributed by atoms with Gasteiger partial charge in [-0.2, -0.15) is 0 Å². The smallest absolute Gasteiger partial charge is 0.243 e. The third-order valence-electron chi connectivity index (χ3n) is 7.82. The average molecular weight is 610 g/mol. The minimum atomic E-state index is -3.61. The first kappa shape index (κ1) is 31.6. The predicted octanol–water partition coefficient (Wildman–Crippen LogP) is 5.89. The summed E-state index contributed by atoms with van der Waals surface area (Å²) in [7, 11) is -3.61. The monoisotopic (exact) mass is 609 g/mol. The molecular weight excluding hydrogens is 570 g/mol. The molecule has 0 aromatic heterocycles. The zero-order valence-electron chi connectivity index (χ0n) is 24.3. The zero-order valence-corrected chi connectivity index (χ0v) is 25.9. The molecule has 7 nitrogen and oxygen atoms in total. The lowest BCUT2D eigenvalue weighted by Gasteiger charge is -2.33. The summed E-state index contributed by atoms with van der Waals surface area (Å²) < 4.78 is 26.5. The maximum atomic E-state index is 14.0. The molecule has 0 bridgehead atoms. The lowest BCUT2D eigenvalue weighted by Crippen LogP contribution is -2.52. The van der Waals surface area contributed by atoms with E-state index in [1.807, 2.05) is 61.5 Å². The molecule has 1 N–H and O–H groups in total. The summed E-state index contributed by atoms with van der Waals surface area (Å²) >= 11 is 6.13. The molecule has 224 valence electrons. The molecule has 0 radical (unpaired) electrons. The quantitative estimate of drug-likeness (QED) is 0.262. The average Bonchev–Trinajstić information content (AvgIpc) is 3.46. The molecule has 1 fully saturated rings. The van der Waals surface area contributed by atoms with Gasteiger partial charge in [-0.05, 0) is 61.1 Å². The Hall–Kier alpha value is -3.36. The standard InChI is InChI=1S/C33H40ClN3O4S/c1-25-12-6-7-15-27(25)24-36(31(22-26-13-4-3-5-14-26)33(39)35-29-17-8-9-18-29)32(38)20-11-21-37(42(2,40)41)30-19-10-16-28(34)23-30/h3-7,10,12-16,19,23,29,31H,8-9,11,17-18,20-22,24H2,1-2H3,(H,35,39)/t31-/m0/s1. The van der Waals surface area contributed by atoms with Gasteiger partial charge >= 0.3 is 0 Å². The van der Waals surface area contributed by atoms with Crippen molar-refractivity contribution in [3.8, 4) is 0 Å². The van der Waals surface area contributed by atoms with E-state index in [-0.39, 0.29) is 43.8 Å². The molecule has 1 saturated carbocycles. The third-order valence-corrected chi connectivity index (χ3v) is 9.25. The molecule has 1 aliphatic carbocycles. The summed E-state index contributed by atoms with van der Waals surface area (Å²) in [6, 6.07) is 23.7. The number of benzene rings is 3. The van der Waals surface area contributed by atoms with Gasteiger partial charge in [0.25, 0.3) is 0 Å². The molecule has 0 unspecified atom stereocenters. The molecule has 0 saturated heterocycles. The molecule has 42 heavy (non-hydrogen) atoms. The summed E-state index contributed by atoms with van der Waals surface area (Å²) in [4.78, 5) is 29.5. The number of halogens is 1. The maximum Gasteiger partial charge on any atom is 0.243 e. The van der Waals surface area contributed by atoms with Crippen LogP contribution in [0.4, 0.5) is 5.69 Å². The molecule has 0 spiro atoms. The SMILES string of the molecule is Cc1ccccc1CN(C(=O)CCCN(c1cccc(Cl)c1)S(C)(=O)=O)[C@@H](Cc1ccccc1)C(=O)NC1CCCC1. The second-order valence-electron chi connectivity index (χ2n) is 11.1. The molecule has 3 aromatic rings. The van der Waals surface area contributed by atoms with Crippen molar-refractivity contribution in [2.75, 3.05) is 17.1 Å². The van der Waals surface area contributed by atoms with Crippen LogP contribution in [0.15, 0.2) is 78.9 Å². The van der Waals surface area contributed by atoms with E-state index in [4.69, 9.17) is 11.6 Å². The van der Waals surface area contributed by atoms with Crippen molar-refractivity contribution in [2.24, 2.45) is 0 Å². The largest absolute Gasteiger partial charge is 0.352 e. The van der Waals surface area contributed by atoms with E-state index >= 15 is 0 Å². The molecule has 1 atom stereocenters. The van der Waals surface area contributed by atoms with Gasteiger partial charge in [-0.15, -0.1) is 0 Å². The van der Waals surface area contributed by atoms with E-state index in [0.29, 0.717) is 17.1 Å². The second kappa shape index (κ2) is 14.7. The van der Waals surface area contributed by atoms with Crippen LogP contribution < -0.4 is 9.62 Å². The van der Waals surface area contributed by atoms with Crippen molar-refractivity contribution in [3.05, 3.63) is 101 Å². The van der Waals surface area contributed by atoms with Crippen LogP contribution in [0.1, 0.15) is 55.2 Å². The Bertz CT molecular complexity index is 1460. The van der Waals surface area contributed by atoms with Crippen molar-refractivity contribution in [3.63, 3.8) is 0 Å². The minimum absolute atomic E-state index is 0.0838. The van der Waals surface area contributed by atoms with Crippen LogP contribution in [-0.2, 0) is 32.6 Å². The van der Waals surface area contributed by atoms with Crippen molar-refractivity contribution >= 4 is 39.1 Å². The minimum Gasteiger partial charge on any atom is -0.352 e. The number of carbonyl (C=O) groups excluding carboxylic acids is 2. The Labute approximate surface area is 254 Å². The third kappa shape index (κ3) is 8.82. The van der Waals surface area contributed by atoms with E-state index in [2.05, 4.69) is 5.32 Å². The lowest BCUT2D eigenvalue weighted by atomic mass is 10.0. The summed E-state index contributed by atoms with van der Waals surface area (Å²) in [6.07, 6.45) is 5.96. The number of sulfonamides is 1. The van der Waals surface area contributed by atoms with Crippen molar-refractivity contribution in [1.82, 2.24) is 10.2 Å². The van der Waals surface area contributed by atoms with Crippen LogP contribution in [0, 0.1) is 6.92 Å². The highest BCUT2D eigenvalue weighted by molar-refractivity contribution is 7.92. The number of carbonyl (C=O) groups is 2. The highest BCUT2D eigenvalue weighted by Gasteiger charge is 2.32. The van der Waals surface area contributed by atoms with Gasteiger partial charge in [-0.1, -0.05) is 85.1 Å². The lowest BCUT2D eigenvalue weighted by molar-refractivity contribution is -0.141. The molecule has 4 rings (SSSR count). The summed E-state index contributed by atoms with van der Waals surface area (Å²) in [5.74, 6) is -0.343. The normalized spacial score (nSPS) is 14.4. The van der Waals surface area contributed by atoms with Gasteiger partial charge in [-0.25, -0.2) is 8.42 Å². The Balaban J connectivity index is 1.59. The van der Waals surface area contributed by atoms with Gasteiger partial charge in [0.1, 0.15) is 6.04 Å². The molecule has 2 amide bonds. The number of hydrogen-bond acceptors (Lipinski definition) is 4. The fourth-order valence-electron chi connectivity index (χ4n) is 5.53. The fourth-order valence-corrected chi connectivity index (χ4v) is 6.67. The number of amides is 2. The van der Waals surface area contributed by atoms with E-state index in [0.717, 1.165) is 48.6 Å². The second-order valence-corrected chi connectivity index (χ2v) is 13.4. The Morgan fingerprint density at radius 3 is 2.33 bits per heavy atom. The van der Waals surface area contributed by atoms with Crippen molar-refractivity contribution < 1.29 is 18.0 Å². The van der Waals surface area contributed by atoms with Gasteiger partial charge in [0, 0.05) is 37.0 Å².